The van der Waals surface area contributed by atoms with Gasteiger partial charge in [0.25, 0.3) is 0 Å². The van der Waals surface area contributed by atoms with Crippen LogP contribution in [0, 0.1) is 13.8 Å². The maximum atomic E-state index is 3.34. The molecule has 1 heterocycles. The van der Waals surface area contributed by atoms with Gasteiger partial charge in [0.1, 0.15) is 0 Å². The lowest BCUT2D eigenvalue weighted by molar-refractivity contribution is 0.339. The third kappa shape index (κ3) is 4.06. The summed E-state index contributed by atoms with van der Waals surface area (Å²) in [6.07, 6.45) is 1.14. The molecule has 0 spiro atoms. The molecule has 3 heteroatoms. The van der Waals surface area contributed by atoms with Crippen LogP contribution in [0.25, 0.3) is 0 Å². The van der Waals surface area contributed by atoms with E-state index in [0.29, 0.717) is 0 Å². The molecule has 0 atom stereocenters. The van der Waals surface area contributed by atoms with Gasteiger partial charge in [-0.2, -0.15) is 0 Å². The minimum absolute atomic E-state index is 1.06. The summed E-state index contributed by atoms with van der Waals surface area (Å²) >= 11 is 0. The molecular formula is C12H23N3. The van der Waals surface area contributed by atoms with Gasteiger partial charge in [-0.05, 0) is 46.0 Å². The third-order valence-corrected chi connectivity index (χ3v) is 2.76. The minimum Gasteiger partial charge on any atom is -0.362 e. The first-order valence-electron chi connectivity index (χ1n) is 5.61. The van der Waals surface area contributed by atoms with Crippen molar-refractivity contribution in [3.63, 3.8) is 0 Å². The number of aromatic nitrogens is 1. The number of hydrogen-bond acceptors (Lipinski definition) is 2. The summed E-state index contributed by atoms with van der Waals surface area (Å²) < 4.78 is 0. The van der Waals surface area contributed by atoms with Gasteiger partial charge in [-0.25, -0.2) is 0 Å². The molecule has 0 bridgehead atoms. The number of aryl methyl sites for hydroxylation is 2. The lowest BCUT2D eigenvalue weighted by atomic mass is 10.2. The van der Waals surface area contributed by atoms with Crippen molar-refractivity contribution in [2.45, 2.75) is 20.3 Å². The Morgan fingerprint density at radius 3 is 2.60 bits per heavy atom. The van der Waals surface area contributed by atoms with Gasteiger partial charge >= 0.3 is 0 Å². The standard InChI is InChI=1S/C12H23N3/c1-10-9-12(11(2)14-10)5-7-15(4)8-6-13-3/h9,13-14H,5-8H2,1-4H3. The van der Waals surface area contributed by atoms with E-state index in [1.54, 1.807) is 0 Å². The smallest absolute Gasteiger partial charge is 0.0150 e. The van der Waals surface area contributed by atoms with E-state index in [1.165, 1.54) is 17.0 Å². The second-order valence-corrected chi connectivity index (χ2v) is 4.26. The highest BCUT2D eigenvalue weighted by molar-refractivity contribution is 5.24. The molecule has 0 fully saturated rings. The maximum Gasteiger partial charge on any atom is 0.0150 e. The summed E-state index contributed by atoms with van der Waals surface area (Å²) in [5.41, 5.74) is 4.03. The summed E-state index contributed by atoms with van der Waals surface area (Å²) in [7, 11) is 4.17. The highest BCUT2D eigenvalue weighted by Gasteiger charge is 2.03. The Balaban J connectivity index is 2.33. The van der Waals surface area contributed by atoms with Gasteiger partial charge in [0.05, 0.1) is 0 Å². The third-order valence-electron chi connectivity index (χ3n) is 2.76. The fourth-order valence-corrected chi connectivity index (χ4v) is 1.77. The van der Waals surface area contributed by atoms with E-state index in [2.05, 4.69) is 42.2 Å². The Morgan fingerprint density at radius 2 is 2.07 bits per heavy atom. The van der Waals surface area contributed by atoms with Crippen molar-refractivity contribution in [1.29, 1.82) is 0 Å². The van der Waals surface area contributed by atoms with Crippen LogP contribution in [0.2, 0.25) is 0 Å². The summed E-state index contributed by atoms with van der Waals surface area (Å²) in [6.45, 7) is 7.55. The molecule has 15 heavy (non-hydrogen) atoms. The molecule has 86 valence electrons. The number of likely N-dealkylation sites (N-methyl/N-ethyl adjacent to an activating group) is 2. The molecule has 0 amide bonds. The van der Waals surface area contributed by atoms with Crippen LogP contribution in [-0.4, -0.2) is 43.6 Å². The quantitative estimate of drug-likeness (QED) is 0.740. The lowest BCUT2D eigenvalue weighted by Crippen LogP contribution is -2.29. The van der Waals surface area contributed by atoms with E-state index in [1.807, 2.05) is 7.05 Å². The average Bonchev–Trinajstić information content (AvgIpc) is 2.51. The molecule has 0 aliphatic carbocycles. The molecule has 0 aliphatic rings. The van der Waals surface area contributed by atoms with Crippen LogP contribution >= 0.6 is 0 Å². The van der Waals surface area contributed by atoms with E-state index in [4.69, 9.17) is 0 Å². The fourth-order valence-electron chi connectivity index (χ4n) is 1.77. The monoisotopic (exact) mass is 209 g/mol. The number of hydrogen-bond donors (Lipinski definition) is 2. The minimum atomic E-state index is 1.06. The van der Waals surface area contributed by atoms with E-state index < -0.39 is 0 Å². The number of nitrogens with one attached hydrogen (secondary N) is 2. The molecule has 0 aliphatic heterocycles. The molecule has 0 radical (unpaired) electrons. The van der Waals surface area contributed by atoms with Crippen molar-refractivity contribution in [2.75, 3.05) is 33.7 Å². The largest absolute Gasteiger partial charge is 0.362 e. The topological polar surface area (TPSA) is 31.1 Å². The van der Waals surface area contributed by atoms with Crippen LogP contribution in [0.4, 0.5) is 0 Å². The van der Waals surface area contributed by atoms with Crippen molar-refractivity contribution in [3.05, 3.63) is 23.0 Å². The van der Waals surface area contributed by atoms with Crippen molar-refractivity contribution in [1.82, 2.24) is 15.2 Å². The zero-order valence-corrected chi connectivity index (χ0v) is 10.4. The van der Waals surface area contributed by atoms with E-state index >= 15 is 0 Å². The number of rotatable bonds is 6. The predicted molar refractivity (Wildman–Crippen MR) is 65.4 cm³/mol. The molecule has 0 saturated carbocycles. The van der Waals surface area contributed by atoms with E-state index in [9.17, 15) is 0 Å². The summed E-state index contributed by atoms with van der Waals surface area (Å²) in [6, 6.07) is 2.25. The van der Waals surface area contributed by atoms with Gasteiger partial charge in [-0.1, -0.05) is 0 Å². The Bertz CT molecular complexity index is 291. The second-order valence-electron chi connectivity index (χ2n) is 4.26. The first-order chi connectivity index (χ1) is 7.13. The van der Waals surface area contributed by atoms with Crippen LogP contribution in [0.15, 0.2) is 6.07 Å². The lowest BCUT2D eigenvalue weighted by Gasteiger charge is -2.15. The van der Waals surface area contributed by atoms with E-state index in [0.717, 1.165) is 26.1 Å². The molecule has 3 nitrogen and oxygen atoms in total. The molecule has 2 N–H and O–H groups in total. The normalized spacial score (nSPS) is 11.3. The molecule has 0 saturated heterocycles. The zero-order valence-electron chi connectivity index (χ0n) is 10.4. The Kier molecular flexibility index (Phi) is 4.85. The number of H-pyrrole nitrogens is 1. The molecule has 0 aromatic carbocycles. The highest BCUT2D eigenvalue weighted by Crippen LogP contribution is 2.10. The first kappa shape index (κ1) is 12.3. The van der Waals surface area contributed by atoms with Crippen molar-refractivity contribution in [3.8, 4) is 0 Å². The van der Waals surface area contributed by atoms with Crippen LogP contribution in [-0.2, 0) is 6.42 Å². The highest BCUT2D eigenvalue weighted by atomic mass is 15.1. The second kappa shape index (κ2) is 5.93. The van der Waals surface area contributed by atoms with Gasteiger partial charge in [0.15, 0.2) is 0 Å². The molecule has 1 aromatic rings. The summed E-state index contributed by atoms with van der Waals surface area (Å²) in [4.78, 5) is 5.70. The first-order valence-corrected chi connectivity index (χ1v) is 5.61. The van der Waals surface area contributed by atoms with Crippen LogP contribution < -0.4 is 5.32 Å². The molecular weight excluding hydrogens is 186 g/mol. The van der Waals surface area contributed by atoms with Crippen molar-refractivity contribution < 1.29 is 0 Å². The Morgan fingerprint density at radius 1 is 1.33 bits per heavy atom. The van der Waals surface area contributed by atoms with Crippen molar-refractivity contribution in [2.24, 2.45) is 0 Å². The van der Waals surface area contributed by atoms with Gasteiger partial charge in [0.2, 0.25) is 0 Å². The van der Waals surface area contributed by atoms with Gasteiger partial charge in [-0.3, -0.25) is 0 Å². The Hall–Kier alpha value is -0.800. The van der Waals surface area contributed by atoms with Gasteiger partial charge < -0.3 is 15.2 Å². The predicted octanol–water partition coefficient (Wildman–Crippen LogP) is 1.33. The van der Waals surface area contributed by atoms with Gasteiger partial charge in [0, 0.05) is 31.0 Å². The van der Waals surface area contributed by atoms with E-state index in [-0.39, 0.29) is 0 Å². The maximum absolute atomic E-state index is 3.34. The number of nitrogens with zero attached hydrogens (tertiary/aromatic N) is 1. The fraction of sp³-hybridized carbons (Fsp3) is 0.667. The van der Waals surface area contributed by atoms with Gasteiger partial charge in [-0.15, -0.1) is 0 Å². The number of aromatic amines is 1. The average molecular weight is 209 g/mol. The molecule has 0 unspecified atom stereocenters. The molecule has 1 aromatic heterocycles. The Labute approximate surface area is 92.9 Å². The summed E-state index contributed by atoms with van der Waals surface area (Å²) in [5.74, 6) is 0. The SMILES string of the molecule is CNCCN(C)CCc1cc(C)[nH]c1C. The summed E-state index contributed by atoms with van der Waals surface area (Å²) in [5, 5.41) is 3.16. The van der Waals surface area contributed by atoms with Crippen molar-refractivity contribution >= 4 is 0 Å². The van der Waals surface area contributed by atoms with Crippen LogP contribution in [0.1, 0.15) is 17.0 Å². The molecule has 1 rings (SSSR count). The van der Waals surface area contributed by atoms with Crippen LogP contribution in [0.5, 0.6) is 0 Å². The van der Waals surface area contributed by atoms with Crippen LogP contribution in [0.3, 0.4) is 0 Å². The zero-order chi connectivity index (χ0) is 11.3.